The molecule has 0 aromatic heterocycles. The Morgan fingerprint density at radius 1 is 0.958 bits per heavy atom. The maximum Gasteiger partial charge on any atom is 0.333 e. The minimum atomic E-state index is -0.919. The highest BCUT2D eigenvalue weighted by atomic mass is 16.5. The Morgan fingerprint density at radius 3 is 2.12 bits per heavy atom. The Hall–Kier alpha value is -3.15. The number of esters is 1. The number of rotatable bonds is 6. The molecule has 6 heteroatoms. The van der Waals surface area contributed by atoms with Gasteiger partial charge in [0, 0.05) is 5.56 Å². The first-order valence-corrected chi connectivity index (χ1v) is 7.37. The molecule has 0 fully saturated rings. The van der Waals surface area contributed by atoms with Gasteiger partial charge >= 0.3 is 5.97 Å². The van der Waals surface area contributed by atoms with Crippen molar-refractivity contribution in [3.8, 4) is 0 Å². The van der Waals surface area contributed by atoms with Gasteiger partial charge in [-0.1, -0.05) is 48.5 Å². The van der Waals surface area contributed by atoms with E-state index in [1.165, 1.54) is 7.11 Å². The molecule has 0 radical (unpaired) electrons. The number of benzene rings is 2. The van der Waals surface area contributed by atoms with Crippen molar-refractivity contribution >= 4 is 17.8 Å². The summed E-state index contributed by atoms with van der Waals surface area (Å²) in [5.41, 5.74) is 1.06. The van der Waals surface area contributed by atoms with Gasteiger partial charge in [0.25, 0.3) is 5.91 Å². The van der Waals surface area contributed by atoms with Crippen LogP contribution in [0.25, 0.3) is 0 Å². The van der Waals surface area contributed by atoms with E-state index in [0.29, 0.717) is 11.1 Å². The van der Waals surface area contributed by atoms with Crippen molar-refractivity contribution in [3.63, 3.8) is 0 Å². The molecule has 2 rings (SSSR count). The fourth-order valence-electron chi connectivity index (χ4n) is 2.11. The molecule has 0 aliphatic rings. The van der Waals surface area contributed by atoms with Gasteiger partial charge in [-0.3, -0.25) is 9.59 Å². The lowest BCUT2D eigenvalue weighted by molar-refractivity contribution is -0.145. The monoisotopic (exact) mass is 326 g/mol. The Kier molecular flexibility index (Phi) is 6.08. The van der Waals surface area contributed by atoms with E-state index in [1.807, 2.05) is 0 Å². The molecule has 24 heavy (non-hydrogen) atoms. The molecule has 0 spiro atoms. The lowest BCUT2D eigenvalue weighted by Crippen LogP contribution is -2.41. The summed E-state index contributed by atoms with van der Waals surface area (Å²) in [5.74, 6) is -1.43. The van der Waals surface area contributed by atoms with Crippen LogP contribution >= 0.6 is 0 Å². The number of hydrogen-bond acceptors (Lipinski definition) is 4. The first kappa shape index (κ1) is 17.2. The number of carbonyl (C=O) groups is 3. The van der Waals surface area contributed by atoms with Gasteiger partial charge in [-0.05, 0) is 17.7 Å². The molecule has 0 aliphatic carbocycles. The molecule has 0 bridgehead atoms. The highest BCUT2D eigenvalue weighted by Gasteiger charge is 2.23. The van der Waals surface area contributed by atoms with Gasteiger partial charge in [-0.2, -0.15) is 0 Å². The lowest BCUT2D eigenvalue weighted by atomic mass is 10.1. The summed E-state index contributed by atoms with van der Waals surface area (Å²) in [5, 5.41) is 5.07. The number of nitrogens with one attached hydrogen (secondary N) is 2. The molecule has 0 saturated carbocycles. The third kappa shape index (κ3) is 4.67. The number of ether oxygens (including phenoxy) is 1. The van der Waals surface area contributed by atoms with E-state index in [-0.39, 0.29) is 12.5 Å². The average molecular weight is 326 g/mol. The fourth-order valence-corrected chi connectivity index (χ4v) is 2.11. The van der Waals surface area contributed by atoms with Crippen molar-refractivity contribution in [1.82, 2.24) is 10.6 Å². The molecule has 6 nitrogen and oxygen atoms in total. The quantitative estimate of drug-likeness (QED) is 0.787. The Balaban J connectivity index is 1.96. The van der Waals surface area contributed by atoms with E-state index >= 15 is 0 Å². The predicted octanol–water partition coefficient (Wildman–Crippen LogP) is 1.45. The minimum Gasteiger partial charge on any atom is -0.467 e. The topological polar surface area (TPSA) is 84.5 Å². The van der Waals surface area contributed by atoms with Crippen LogP contribution in [0.1, 0.15) is 22.0 Å². The molecule has 0 saturated heterocycles. The zero-order chi connectivity index (χ0) is 17.4. The summed E-state index contributed by atoms with van der Waals surface area (Å²) in [7, 11) is 1.25. The first-order valence-electron chi connectivity index (χ1n) is 7.37. The summed E-state index contributed by atoms with van der Waals surface area (Å²) < 4.78 is 4.72. The van der Waals surface area contributed by atoms with Crippen LogP contribution in [0, 0.1) is 0 Å². The number of methoxy groups -OCH3 is 1. The number of amides is 2. The first-order chi connectivity index (χ1) is 11.6. The van der Waals surface area contributed by atoms with Crippen LogP contribution in [0.4, 0.5) is 0 Å². The van der Waals surface area contributed by atoms with E-state index in [4.69, 9.17) is 4.74 Å². The molecule has 0 aliphatic heterocycles. The van der Waals surface area contributed by atoms with Gasteiger partial charge in [0.1, 0.15) is 0 Å². The molecule has 0 heterocycles. The third-order valence-electron chi connectivity index (χ3n) is 3.32. The Labute approximate surface area is 139 Å². The molecule has 2 aromatic carbocycles. The predicted molar refractivity (Wildman–Crippen MR) is 88.1 cm³/mol. The van der Waals surface area contributed by atoms with Crippen LogP contribution in [0.3, 0.4) is 0 Å². The minimum absolute atomic E-state index is 0.242. The van der Waals surface area contributed by atoms with Crippen LogP contribution < -0.4 is 10.6 Å². The largest absolute Gasteiger partial charge is 0.467 e. The SMILES string of the molecule is COC(=O)C(NC(=O)CNC(=O)c1ccccc1)c1ccccc1. The molecule has 1 atom stereocenters. The van der Waals surface area contributed by atoms with Gasteiger partial charge in [-0.25, -0.2) is 4.79 Å². The van der Waals surface area contributed by atoms with E-state index in [2.05, 4.69) is 10.6 Å². The average Bonchev–Trinajstić information content (AvgIpc) is 2.65. The van der Waals surface area contributed by atoms with E-state index < -0.39 is 17.9 Å². The third-order valence-corrected chi connectivity index (χ3v) is 3.32. The summed E-state index contributed by atoms with van der Waals surface area (Å²) in [6.07, 6.45) is 0. The second-order valence-electron chi connectivity index (χ2n) is 4.98. The molecule has 2 amide bonds. The van der Waals surface area contributed by atoms with Crippen LogP contribution in [-0.4, -0.2) is 31.4 Å². The van der Waals surface area contributed by atoms with Crippen LogP contribution in [0.2, 0.25) is 0 Å². The maximum atomic E-state index is 12.0. The molecule has 2 aromatic rings. The van der Waals surface area contributed by atoms with Crippen molar-refractivity contribution in [2.75, 3.05) is 13.7 Å². The van der Waals surface area contributed by atoms with Crippen molar-refractivity contribution in [3.05, 3.63) is 71.8 Å². The van der Waals surface area contributed by atoms with E-state index in [1.54, 1.807) is 60.7 Å². The second kappa shape index (κ2) is 8.47. The van der Waals surface area contributed by atoms with Crippen LogP contribution in [0.5, 0.6) is 0 Å². The van der Waals surface area contributed by atoms with Gasteiger partial charge in [0.15, 0.2) is 6.04 Å². The molecule has 2 N–H and O–H groups in total. The normalized spacial score (nSPS) is 11.2. The van der Waals surface area contributed by atoms with Gasteiger partial charge in [-0.15, -0.1) is 0 Å². The number of hydrogen-bond donors (Lipinski definition) is 2. The standard InChI is InChI=1S/C18H18N2O4/c1-24-18(23)16(13-8-4-2-5-9-13)20-15(21)12-19-17(22)14-10-6-3-7-11-14/h2-11,16H,12H2,1H3,(H,19,22)(H,20,21). The lowest BCUT2D eigenvalue weighted by Gasteiger charge is -2.17. The Morgan fingerprint density at radius 2 is 1.54 bits per heavy atom. The molecule has 1 unspecified atom stereocenters. The van der Waals surface area contributed by atoms with E-state index in [9.17, 15) is 14.4 Å². The fraction of sp³-hybridized carbons (Fsp3) is 0.167. The van der Waals surface area contributed by atoms with Crippen molar-refractivity contribution in [1.29, 1.82) is 0 Å². The summed E-state index contributed by atoms with van der Waals surface area (Å²) >= 11 is 0. The smallest absolute Gasteiger partial charge is 0.333 e. The maximum absolute atomic E-state index is 12.0. The summed E-state index contributed by atoms with van der Waals surface area (Å²) in [4.78, 5) is 35.8. The molecular weight excluding hydrogens is 308 g/mol. The van der Waals surface area contributed by atoms with Gasteiger partial charge in [0.05, 0.1) is 13.7 Å². The van der Waals surface area contributed by atoms with Crippen molar-refractivity contribution in [2.45, 2.75) is 6.04 Å². The van der Waals surface area contributed by atoms with Crippen molar-refractivity contribution < 1.29 is 19.1 Å². The summed E-state index contributed by atoms with van der Waals surface area (Å²) in [6, 6.07) is 16.4. The second-order valence-corrected chi connectivity index (χ2v) is 4.98. The highest BCUT2D eigenvalue weighted by Crippen LogP contribution is 2.13. The molecular formula is C18H18N2O4. The Bertz CT molecular complexity index is 701. The highest BCUT2D eigenvalue weighted by molar-refractivity contribution is 5.96. The number of carbonyl (C=O) groups excluding carboxylic acids is 3. The van der Waals surface area contributed by atoms with E-state index in [0.717, 1.165) is 0 Å². The molecule has 124 valence electrons. The van der Waals surface area contributed by atoms with Gasteiger partial charge < -0.3 is 15.4 Å². The van der Waals surface area contributed by atoms with Crippen LogP contribution in [0.15, 0.2) is 60.7 Å². The van der Waals surface area contributed by atoms with Crippen molar-refractivity contribution in [2.24, 2.45) is 0 Å². The zero-order valence-corrected chi connectivity index (χ0v) is 13.2. The van der Waals surface area contributed by atoms with Crippen LogP contribution in [-0.2, 0) is 14.3 Å². The zero-order valence-electron chi connectivity index (χ0n) is 13.2. The summed E-state index contributed by atoms with van der Waals surface area (Å²) in [6.45, 7) is -0.242. The van der Waals surface area contributed by atoms with Gasteiger partial charge in [0.2, 0.25) is 5.91 Å².